The topological polar surface area (TPSA) is 50.9 Å². The van der Waals surface area contributed by atoms with Gasteiger partial charge in [0.15, 0.2) is 0 Å². The summed E-state index contributed by atoms with van der Waals surface area (Å²) in [5.74, 6) is 0. The van der Waals surface area contributed by atoms with Crippen LogP contribution < -0.4 is 11.1 Å². The minimum Gasteiger partial charge on any atom is -0.388 e. The van der Waals surface area contributed by atoms with Crippen molar-refractivity contribution in [3.8, 4) is 0 Å². The molecule has 2 aromatic rings. The fraction of sp³-hybridized carbons (Fsp3) is 0.182. The Morgan fingerprint density at radius 2 is 2.20 bits per heavy atom. The summed E-state index contributed by atoms with van der Waals surface area (Å²) in [5, 5.41) is 4.26. The highest BCUT2D eigenvalue weighted by atomic mass is 79.9. The Kier molecular flexibility index (Phi) is 2.88. The van der Waals surface area contributed by atoms with Crippen molar-refractivity contribution in [2.75, 3.05) is 12.4 Å². The van der Waals surface area contributed by atoms with Crippen LogP contribution in [0.5, 0.6) is 0 Å². The molecule has 3 nitrogen and oxygen atoms in total. The van der Waals surface area contributed by atoms with Crippen LogP contribution in [0.1, 0.15) is 5.69 Å². The number of nitrogens with zero attached hydrogens (tertiary/aromatic N) is 1. The van der Waals surface area contributed by atoms with Gasteiger partial charge < -0.3 is 11.1 Å². The molecule has 3 N–H and O–H groups in total. The minimum atomic E-state index is 0.455. The molecule has 0 saturated heterocycles. The Morgan fingerprint density at radius 3 is 2.87 bits per heavy atom. The summed E-state index contributed by atoms with van der Waals surface area (Å²) in [6, 6.07) is 8.02. The number of halogens is 1. The molecule has 78 valence electrons. The number of rotatable bonds is 2. The highest BCUT2D eigenvalue weighted by molar-refractivity contribution is 9.10. The first-order valence-electron chi connectivity index (χ1n) is 4.71. The summed E-state index contributed by atoms with van der Waals surface area (Å²) in [6.45, 7) is 0.455. The van der Waals surface area contributed by atoms with Gasteiger partial charge in [-0.2, -0.15) is 0 Å². The zero-order valence-corrected chi connectivity index (χ0v) is 10.0. The third-order valence-corrected chi connectivity index (χ3v) is 2.80. The Balaban J connectivity index is 2.74. The highest BCUT2D eigenvalue weighted by Crippen LogP contribution is 2.25. The SMILES string of the molecule is CNc1cc(CN)nc2cc(Br)ccc12. The van der Waals surface area contributed by atoms with Gasteiger partial charge in [-0.05, 0) is 24.3 Å². The molecular formula is C11H12BrN3. The van der Waals surface area contributed by atoms with Crippen LogP contribution in [0.2, 0.25) is 0 Å². The maximum atomic E-state index is 5.60. The van der Waals surface area contributed by atoms with Gasteiger partial charge in [0, 0.05) is 29.1 Å². The largest absolute Gasteiger partial charge is 0.388 e. The van der Waals surface area contributed by atoms with Crippen LogP contribution in [0, 0.1) is 0 Å². The predicted octanol–water partition coefficient (Wildman–Crippen LogP) is 2.50. The molecule has 0 amide bonds. The minimum absolute atomic E-state index is 0.455. The summed E-state index contributed by atoms with van der Waals surface area (Å²) in [5.41, 5.74) is 8.51. The maximum absolute atomic E-state index is 5.60. The highest BCUT2D eigenvalue weighted by Gasteiger charge is 2.04. The molecule has 0 aliphatic carbocycles. The average Bonchev–Trinajstić information content (AvgIpc) is 2.26. The van der Waals surface area contributed by atoms with Gasteiger partial charge in [-0.1, -0.05) is 15.9 Å². The van der Waals surface area contributed by atoms with Crippen LogP contribution in [0.3, 0.4) is 0 Å². The molecule has 1 heterocycles. The monoisotopic (exact) mass is 265 g/mol. The Morgan fingerprint density at radius 1 is 1.40 bits per heavy atom. The number of benzene rings is 1. The van der Waals surface area contributed by atoms with Gasteiger partial charge in [0.1, 0.15) is 0 Å². The second-order valence-corrected chi connectivity index (χ2v) is 4.19. The van der Waals surface area contributed by atoms with Crippen LogP contribution in [0.25, 0.3) is 10.9 Å². The van der Waals surface area contributed by atoms with E-state index < -0.39 is 0 Å². The molecule has 0 aliphatic rings. The van der Waals surface area contributed by atoms with Crippen molar-refractivity contribution >= 4 is 32.5 Å². The van der Waals surface area contributed by atoms with E-state index in [0.29, 0.717) is 6.54 Å². The van der Waals surface area contributed by atoms with Crippen molar-refractivity contribution in [1.29, 1.82) is 0 Å². The van der Waals surface area contributed by atoms with Gasteiger partial charge in [-0.3, -0.25) is 4.98 Å². The molecule has 0 atom stereocenters. The standard InChI is InChI=1S/C11H12BrN3/c1-14-10-5-8(6-13)15-11-4-7(12)2-3-9(10)11/h2-5H,6,13H2,1H3,(H,14,15). The van der Waals surface area contributed by atoms with Crippen molar-refractivity contribution < 1.29 is 0 Å². The molecule has 0 radical (unpaired) electrons. The summed E-state index contributed by atoms with van der Waals surface area (Å²) < 4.78 is 1.03. The molecular weight excluding hydrogens is 254 g/mol. The molecule has 0 saturated carbocycles. The smallest absolute Gasteiger partial charge is 0.0737 e. The zero-order valence-electron chi connectivity index (χ0n) is 8.42. The van der Waals surface area contributed by atoms with Crippen LogP contribution in [0.15, 0.2) is 28.7 Å². The molecule has 2 rings (SSSR count). The summed E-state index contributed by atoms with van der Waals surface area (Å²) in [7, 11) is 1.90. The van der Waals surface area contributed by atoms with Crippen LogP contribution in [0.4, 0.5) is 5.69 Å². The second kappa shape index (κ2) is 4.16. The number of nitrogens with one attached hydrogen (secondary N) is 1. The van der Waals surface area contributed by atoms with Crippen molar-refractivity contribution in [1.82, 2.24) is 4.98 Å². The normalized spacial score (nSPS) is 10.6. The van der Waals surface area contributed by atoms with E-state index in [0.717, 1.165) is 26.8 Å². The van der Waals surface area contributed by atoms with Gasteiger partial charge in [0.25, 0.3) is 0 Å². The number of anilines is 1. The van der Waals surface area contributed by atoms with Crippen molar-refractivity contribution in [3.05, 3.63) is 34.4 Å². The maximum Gasteiger partial charge on any atom is 0.0737 e. The van der Waals surface area contributed by atoms with E-state index >= 15 is 0 Å². The van der Waals surface area contributed by atoms with Gasteiger partial charge in [-0.15, -0.1) is 0 Å². The van der Waals surface area contributed by atoms with Gasteiger partial charge in [0.05, 0.1) is 11.2 Å². The van der Waals surface area contributed by atoms with Crippen molar-refractivity contribution in [3.63, 3.8) is 0 Å². The summed E-state index contributed by atoms with van der Waals surface area (Å²) in [4.78, 5) is 4.47. The second-order valence-electron chi connectivity index (χ2n) is 3.28. The molecule has 0 spiro atoms. The van der Waals surface area contributed by atoms with E-state index in [4.69, 9.17) is 5.73 Å². The van der Waals surface area contributed by atoms with Crippen LogP contribution in [-0.2, 0) is 6.54 Å². The Hall–Kier alpha value is -1.13. The Bertz CT molecular complexity index is 496. The van der Waals surface area contributed by atoms with Crippen LogP contribution >= 0.6 is 15.9 Å². The Labute approximate surface area is 96.8 Å². The third-order valence-electron chi connectivity index (χ3n) is 2.30. The number of aromatic nitrogens is 1. The van der Waals surface area contributed by atoms with E-state index in [1.807, 2.05) is 31.3 Å². The number of pyridine rings is 1. The summed E-state index contributed by atoms with van der Waals surface area (Å²) >= 11 is 3.43. The van der Waals surface area contributed by atoms with E-state index in [-0.39, 0.29) is 0 Å². The molecule has 0 bridgehead atoms. The van der Waals surface area contributed by atoms with Gasteiger partial charge >= 0.3 is 0 Å². The molecule has 15 heavy (non-hydrogen) atoms. The molecule has 0 fully saturated rings. The number of hydrogen-bond donors (Lipinski definition) is 2. The van der Waals surface area contributed by atoms with Crippen molar-refractivity contribution in [2.45, 2.75) is 6.54 Å². The lowest BCUT2D eigenvalue weighted by molar-refractivity contribution is 1.01. The van der Waals surface area contributed by atoms with Gasteiger partial charge in [0.2, 0.25) is 0 Å². The number of nitrogens with two attached hydrogens (primary N) is 1. The molecule has 4 heteroatoms. The van der Waals surface area contributed by atoms with E-state index in [9.17, 15) is 0 Å². The lowest BCUT2D eigenvalue weighted by Gasteiger charge is -2.08. The fourth-order valence-corrected chi connectivity index (χ4v) is 1.92. The summed E-state index contributed by atoms with van der Waals surface area (Å²) in [6.07, 6.45) is 0. The van der Waals surface area contributed by atoms with E-state index in [2.05, 4.69) is 26.2 Å². The first-order valence-corrected chi connectivity index (χ1v) is 5.51. The number of hydrogen-bond acceptors (Lipinski definition) is 3. The lowest BCUT2D eigenvalue weighted by Crippen LogP contribution is -2.02. The van der Waals surface area contributed by atoms with Crippen LogP contribution in [-0.4, -0.2) is 12.0 Å². The predicted molar refractivity (Wildman–Crippen MR) is 66.9 cm³/mol. The van der Waals surface area contributed by atoms with Gasteiger partial charge in [-0.25, -0.2) is 0 Å². The third kappa shape index (κ3) is 1.96. The number of fused-ring (bicyclic) bond motifs is 1. The first kappa shape index (κ1) is 10.4. The molecule has 0 aliphatic heterocycles. The fourth-order valence-electron chi connectivity index (χ4n) is 1.57. The first-order chi connectivity index (χ1) is 7.24. The van der Waals surface area contributed by atoms with Crippen molar-refractivity contribution in [2.24, 2.45) is 5.73 Å². The molecule has 1 aromatic carbocycles. The molecule has 1 aromatic heterocycles. The quantitative estimate of drug-likeness (QED) is 0.878. The zero-order chi connectivity index (χ0) is 10.8. The average molecular weight is 266 g/mol. The van der Waals surface area contributed by atoms with E-state index in [1.54, 1.807) is 0 Å². The molecule has 0 unspecified atom stereocenters. The van der Waals surface area contributed by atoms with E-state index in [1.165, 1.54) is 0 Å². The lowest BCUT2D eigenvalue weighted by atomic mass is 10.1.